The minimum atomic E-state index is -0.420. The third kappa shape index (κ3) is 2.38. The van der Waals surface area contributed by atoms with Gasteiger partial charge >= 0.3 is 0 Å². The minimum absolute atomic E-state index is 0.158. The summed E-state index contributed by atoms with van der Waals surface area (Å²) in [5.74, 6) is 0.618. The highest BCUT2D eigenvalue weighted by Crippen LogP contribution is 2.26. The van der Waals surface area contributed by atoms with Crippen molar-refractivity contribution in [2.24, 2.45) is 0 Å². The number of ether oxygens (including phenoxy) is 1. The number of hydrogen-bond acceptors (Lipinski definition) is 4. The molecule has 2 aromatic rings. The van der Waals surface area contributed by atoms with Gasteiger partial charge in [0.2, 0.25) is 0 Å². The second kappa shape index (κ2) is 5.05. The zero-order chi connectivity index (χ0) is 13.3. The number of nitrogen functional groups attached to an aromatic ring is 1. The lowest BCUT2D eigenvalue weighted by Gasteiger charge is -2.07. The summed E-state index contributed by atoms with van der Waals surface area (Å²) in [5, 5.41) is 0. The summed E-state index contributed by atoms with van der Waals surface area (Å²) in [5.41, 5.74) is 7.25. The molecule has 0 unspecified atom stereocenters. The van der Waals surface area contributed by atoms with Crippen LogP contribution in [0.4, 0.5) is 10.2 Å². The summed E-state index contributed by atoms with van der Waals surface area (Å²) in [4.78, 5) is 8.52. The van der Waals surface area contributed by atoms with E-state index in [-0.39, 0.29) is 5.75 Å². The van der Waals surface area contributed by atoms with Crippen molar-refractivity contribution in [3.05, 3.63) is 33.3 Å². The lowest BCUT2D eigenvalue weighted by atomic mass is 10.2. The zero-order valence-corrected chi connectivity index (χ0v) is 12.0. The van der Waals surface area contributed by atoms with E-state index in [0.717, 1.165) is 9.26 Å². The van der Waals surface area contributed by atoms with Crippen LogP contribution in [0, 0.1) is 16.3 Å². The molecule has 2 N–H and O–H groups in total. The predicted molar refractivity (Wildman–Crippen MR) is 75.8 cm³/mol. The van der Waals surface area contributed by atoms with Gasteiger partial charge in [-0.05, 0) is 47.7 Å². The number of benzene rings is 1. The van der Waals surface area contributed by atoms with E-state index in [0.29, 0.717) is 17.2 Å². The van der Waals surface area contributed by atoms with Crippen molar-refractivity contribution in [3.8, 4) is 17.1 Å². The molecule has 1 aromatic heterocycles. The van der Waals surface area contributed by atoms with Crippen molar-refractivity contribution < 1.29 is 9.13 Å². The highest BCUT2D eigenvalue weighted by atomic mass is 127. The average molecular weight is 359 g/mol. The van der Waals surface area contributed by atoms with Gasteiger partial charge in [0, 0.05) is 5.56 Å². The van der Waals surface area contributed by atoms with E-state index in [9.17, 15) is 4.39 Å². The highest BCUT2D eigenvalue weighted by Gasteiger charge is 2.11. The van der Waals surface area contributed by atoms with Gasteiger partial charge in [-0.25, -0.2) is 14.4 Å². The molecule has 0 atom stereocenters. The van der Waals surface area contributed by atoms with Gasteiger partial charge < -0.3 is 10.5 Å². The van der Waals surface area contributed by atoms with Gasteiger partial charge in [0.05, 0.1) is 16.4 Å². The number of halogens is 2. The van der Waals surface area contributed by atoms with Crippen LogP contribution in [0.5, 0.6) is 5.75 Å². The molecule has 0 amide bonds. The highest BCUT2D eigenvalue weighted by molar-refractivity contribution is 14.1. The first-order valence-electron chi connectivity index (χ1n) is 5.16. The third-order valence-electron chi connectivity index (χ3n) is 2.45. The fourth-order valence-electron chi connectivity index (χ4n) is 1.51. The zero-order valence-electron chi connectivity index (χ0n) is 9.87. The molecular formula is C12H11FIN3O. The number of anilines is 1. The Kier molecular flexibility index (Phi) is 3.65. The minimum Gasteiger partial charge on any atom is -0.494 e. The molecule has 4 nitrogen and oxygen atoms in total. The van der Waals surface area contributed by atoms with Gasteiger partial charge in [0.15, 0.2) is 17.4 Å². The molecule has 0 aliphatic rings. The fraction of sp³-hybridized carbons (Fsp3) is 0.167. The predicted octanol–water partition coefficient (Wildman–Crippen LogP) is 2.79. The largest absolute Gasteiger partial charge is 0.494 e. The summed E-state index contributed by atoms with van der Waals surface area (Å²) in [7, 11) is 1.41. The quantitative estimate of drug-likeness (QED) is 0.838. The molecule has 1 heterocycles. The number of nitrogens with two attached hydrogens (primary N) is 1. The van der Waals surface area contributed by atoms with E-state index in [1.54, 1.807) is 12.1 Å². The van der Waals surface area contributed by atoms with Crippen LogP contribution in [0.1, 0.15) is 5.69 Å². The summed E-state index contributed by atoms with van der Waals surface area (Å²) in [6.07, 6.45) is 0. The number of methoxy groups -OCH3 is 1. The Morgan fingerprint density at radius 3 is 2.67 bits per heavy atom. The maximum atomic E-state index is 13.3. The van der Waals surface area contributed by atoms with Crippen molar-refractivity contribution in [2.75, 3.05) is 12.8 Å². The normalized spacial score (nSPS) is 10.4. The summed E-state index contributed by atoms with van der Waals surface area (Å²) >= 11 is 2.09. The molecule has 0 radical (unpaired) electrons. The fourth-order valence-corrected chi connectivity index (χ4v) is 1.75. The van der Waals surface area contributed by atoms with Crippen LogP contribution in [0.15, 0.2) is 18.2 Å². The lowest BCUT2D eigenvalue weighted by molar-refractivity contribution is 0.387. The number of rotatable bonds is 2. The Hall–Kier alpha value is -1.44. The van der Waals surface area contributed by atoms with Crippen LogP contribution in [0.3, 0.4) is 0 Å². The number of hydrogen-bond donors (Lipinski definition) is 1. The van der Waals surface area contributed by atoms with Gasteiger partial charge in [-0.2, -0.15) is 0 Å². The smallest absolute Gasteiger partial charge is 0.165 e. The molecule has 0 fully saturated rings. The van der Waals surface area contributed by atoms with Crippen LogP contribution >= 0.6 is 22.6 Å². The molecule has 0 aliphatic carbocycles. The second-order valence-electron chi connectivity index (χ2n) is 3.68. The molecular weight excluding hydrogens is 348 g/mol. The first kappa shape index (κ1) is 13.0. The molecule has 0 bridgehead atoms. The average Bonchev–Trinajstić information content (AvgIpc) is 2.36. The number of aromatic nitrogens is 2. The van der Waals surface area contributed by atoms with E-state index in [4.69, 9.17) is 10.5 Å². The molecule has 0 saturated carbocycles. The molecule has 1 aromatic carbocycles. The van der Waals surface area contributed by atoms with Gasteiger partial charge in [0.25, 0.3) is 0 Å². The molecule has 6 heteroatoms. The Labute approximate surface area is 118 Å². The van der Waals surface area contributed by atoms with Crippen molar-refractivity contribution in [2.45, 2.75) is 6.92 Å². The second-order valence-corrected chi connectivity index (χ2v) is 4.76. The monoisotopic (exact) mass is 359 g/mol. The van der Waals surface area contributed by atoms with E-state index in [2.05, 4.69) is 32.6 Å². The van der Waals surface area contributed by atoms with Gasteiger partial charge in [-0.15, -0.1) is 0 Å². The van der Waals surface area contributed by atoms with Crippen LogP contribution < -0.4 is 10.5 Å². The van der Waals surface area contributed by atoms with E-state index in [1.165, 1.54) is 13.2 Å². The van der Waals surface area contributed by atoms with Crippen molar-refractivity contribution >= 4 is 28.4 Å². The van der Waals surface area contributed by atoms with Crippen LogP contribution in [0.2, 0.25) is 0 Å². The van der Waals surface area contributed by atoms with Gasteiger partial charge in [0.1, 0.15) is 5.82 Å². The topological polar surface area (TPSA) is 61.0 Å². The Morgan fingerprint density at radius 1 is 1.33 bits per heavy atom. The summed E-state index contributed by atoms with van der Waals surface area (Å²) in [6.45, 7) is 1.85. The standard InChI is InChI=1S/C12H11FIN3O/c1-6-10(14)11(15)17-12(16-6)7-3-4-8(13)9(5-7)18-2/h3-5H,1-2H3,(H2,15,16,17). The van der Waals surface area contributed by atoms with Crippen molar-refractivity contribution in [3.63, 3.8) is 0 Å². The first-order valence-corrected chi connectivity index (χ1v) is 6.24. The summed E-state index contributed by atoms with van der Waals surface area (Å²) < 4.78 is 19.1. The Morgan fingerprint density at radius 2 is 2.06 bits per heavy atom. The molecule has 94 valence electrons. The van der Waals surface area contributed by atoms with Crippen LogP contribution in [0.25, 0.3) is 11.4 Å². The van der Waals surface area contributed by atoms with E-state index >= 15 is 0 Å². The molecule has 2 rings (SSSR count). The van der Waals surface area contributed by atoms with Gasteiger partial charge in [-0.1, -0.05) is 0 Å². The van der Waals surface area contributed by atoms with Crippen LogP contribution in [-0.2, 0) is 0 Å². The molecule has 18 heavy (non-hydrogen) atoms. The maximum Gasteiger partial charge on any atom is 0.165 e. The first-order chi connectivity index (χ1) is 8.52. The van der Waals surface area contributed by atoms with E-state index < -0.39 is 5.82 Å². The van der Waals surface area contributed by atoms with Crippen molar-refractivity contribution in [1.82, 2.24) is 9.97 Å². The third-order valence-corrected chi connectivity index (χ3v) is 3.79. The Bertz CT molecular complexity index is 581. The Balaban J connectivity index is 2.55. The molecule has 0 saturated heterocycles. The maximum absolute atomic E-state index is 13.3. The lowest BCUT2D eigenvalue weighted by Crippen LogP contribution is -2.02. The number of nitrogens with zero attached hydrogens (tertiary/aromatic N) is 2. The van der Waals surface area contributed by atoms with Crippen molar-refractivity contribution in [1.29, 1.82) is 0 Å². The molecule has 0 spiro atoms. The van der Waals surface area contributed by atoms with E-state index in [1.807, 2.05) is 6.92 Å². The SMILES string of the molecule is COc1cc(-c2nc(C)c(I)c(N)n2)ccc1F. The number of aryl methyl sites for hydroxylation is 1. The summed E-state index contributed by atoms with van der Waals surface area (Å²) in [6, 6.07) is 4.47. The van der Waals surface area contributed by atoms with Gasteiger partial charge in [-0.3, -0.25) is 0 Å². The molecule has 0 aliphatic heterocycles. The van der Waals surface area contributed by atoms with Crippen LogP contribution in [-0.4, -0.2) is 17.1 Å².